The Morgan fingerprint density at radius 3 is 0.908 bits per heavy atom. The zero-order valence-electron chi connectivity index (χ0n) is 57.4. The summed E-state index contributed by atoms with van der Waals surface area (Å²) >= 11 is 0. The van der Waals surface area contributed by atoms with Gasteiger partial charge in [0.1, 0.15) is 49.1 Å². The molecule has 0 radical (unpaired) electrons. The maximum absolute atomic E-state index is 13.5. The Labute approximate surface area is 530 Å². The van der Waals surface area contributed by atoms with Crippen LogP contribution in [0.25, 0.3) is 0 Å². The first-order valence-corrected chi connectivity index (χ1v) is 35.4. The zero-order valence-corrected chi connectivity index (χ0v) is 57.4. The second-order valence-corrected chi connectivity index (χ2v) is 26.8. The summed E-state index contributed by atoms with van der Waals surface area (Å²) in [6, 6.07) is -1.15. The molecule has 2 N–H and O–H groups in total. The third-order valence-corrected chi connectivity index (χ3v) is 15.4. The maximum atomic E-state index is 13.5. The number of hydrogen-bond acceptors (Lipinski definition) is 16. The molecule has 87 heavy (non-hydrogen) atoms. The summed E-state index contributed by atoms with van der Waals surface area (Å²) in [5.41, 5.74) is -2.99. The van der Waals surface area contributed by atoms with Crippen molar-refractivity contribution in [3.05, 3.63) is 0 Å². The van der Waals surface area contributed by atoms with Crippen molar-refractivity contribution < 1.29 is 66.7 Å². The smallest absolute Gasteiger partial charge is 0.344 e. The number of nitrogens with one attached hydrogen (secondary N) is 2. The molecule has 0 bridgehead atoms. The highest BCUT2D eigenvalue weighted by Gasteiger charge is 2.38. The quantitative estimate of drug-likeness (QED) is 0.0330. The molecule has 0 aromatic carbocycles. The Morgan fingerprint density at radius 1 is 0.322 bits per heavy atom. The minimum absolute atomic E-state index is 0.0622. The lowest BCUT2D eigenvalue weighted by Gasteiger charge is -2.31. The first-order chi connectivity index (χ1) is 41.7. The summed E-state index contributed by atoms with van der Waals surface area (Å²) in [7, 11) is 0. The number of esters is 7. The molecule has 16 heteroatoms. The van der Waals surface area contributed by atoms with E-state index in [-0.39, 0.29) is 58.7 Å². The third-order valence-electron chi connectivity index (χ3n) is 15.4. The molecule has 0 heterocycles. The van der Waals surface area contributed by atoms with E-state index in [9.17, 15) is 33.6 Å². The van der Waals surface area contributed by atoms with Crippen LogP contribution in [0.5, 0.6) is 0 Å². The van der Waals surface area contributed by atoms with Crippen molar-refractivity contribution in [2.75, 3.05) is 52.7 Å². The summed E-state index contributed by atoms with van der Waals surface area (Å²) < 4.78 is 39.6. The largest absolute Gasteiger partial charge is 0.465 e. The molecule has 0 amide bonds. The summed E-state index contributed by atoms with van der Waals surface area (Å²) in [4.78, 5) is 92.3. The van der Waals surface area contributed by atoms with Crippen molar-refractivity contribution in [1.29, 1.82) is 0 Å². The van der Waals surface area contributed by atoms with Crippen molar-refractivity contribution in [3.63, 3.8) is 0 Å². The van der Waals surface area contributed by atoms with Crippen molar-refractivity contribution in [2.45, 2.75) is 356 Å². The molecule has 0 aliphatic rings. The van der Waals surface area contributed by atoms with E-state index in [1.807, 2.05) is 0 Å². The molecular weight excluding hydrogens is 1100 g/mol. The highest BCUT2D eigenvalue weighted by atomic mass is 16.6. The van der Waals surface area contributed by atoms with Gasteiger partial charge in [-0.15, -0.1) is 0 Å². The van der Waals surface area contributed by atoms with Crippen LogP contribution in [0.2, 0.25) is 0 Å². The van der Waals surface area contributed by atoms with E-state index < -0.39 is 84.1 Å². The Balaban J connectivity index is 6.00. The van der Waals surface area contributed by atoms with Gasteiger partial charge in [0.05, 0.1) is 13.0 Å². The summed E-state index contributed by atoms with van der Waals surface area (Å²) in [6.45, 7) is 15.0. The van der Waals surface area contributed by atoms with Gasteiger partial charge in [0.25, 0.3) is 0 Å². The summed E-state index contributed by atoms with van der Waals surface area (Å²) in [6.07, 6.45) is 45.5. The highest BCUT2D eigenvalue weighted by Crippen LogP contribution is 2.24. The molecular formula is C71H132N2O14. The molecule has 0 aliphatic carbocycles. The SMILES string of the molecule is CCCCCCCCCCCCCCCC(=O)OCC(COC(=O)CCCCCCCCCCCCCCC)(COC(=O)CCCCCCCCCCCCCCC)COC(=O)COC(=O)CC(NCCNCC(=O)OC(C)(C)C)C(=O)OC(C)(C)C. The number of hydrogen-bond donors (Lipinski definition) is 2. The van der Waals surface area contributed by atoms with Crippen LogP contribution in [0.1, 0.15) is 338 Å². The van der Waals surface area contributed by atoms with E-state index in [0.29, 0.717) is 19.3 Å². The highest BCUT2D eigenvalue weighted by molar-refractivity contribution is 5.84. The first kappa shape index (κ1) is 83.2. The van der Waals surface area contributed by atoms with Gasteiger partial charge in [0.2, 0.25) is 0 Å². The van der Waals surface area contributed by atoms with Gasteiger partial charge in [-0.2, -0.15) is 0 Å². The molecule has 510 valence electrons. The van der Waals surface area contributed by atoms with Crippen LogP contribution in [-0.4, -0.2) is 112 Å². The van der Waals surface area contributed by atoms with Crippen LogP contribution in [0.15, 0.2) is 0 Å². The molecule has 0 saturated heterocycles. The molecule has 0 saturated carbocycles. The van der Waals surface area contributed by atoms with Crippen molar-refractivity contribution >= 4 is 41.8 Å². The molecule has 0 aliphatic heterocycles. The molecule has 1 atom stereocenters. The predicted molar refractivity (Wildman–Crippen MR) is 349 cm³/mol. The predicted octanol–water partition coefficient (Wildman–Crippen LogP) is 16.8. The number of unbranched alkanes of at least 4 members (excludes halogenated alkanes) is 36. The topological polar surface area (TPSA) is 208 Å². The van der Waals surface area contributed by atoms with Gasteiger partial charge < -0.3 is 43.8 Å². The summed E-state index contributed by atoms with van der Waals surface area (Å²) in [5, 5.41) is 5.92. The first-order valence-electron chi connectivity index (χ1n) is 35.4. The lowest BCUT2D eigenvalue weighted by molar-refractivity contribution is -0.174. The Bertz CT molecular complexity index is 1620. The molecule has 0 fully saturated rings. The Hall–Kier alpha value is -3.79. The van der Waals surface area contributed by atoms with E-state index in [0.717, 1.165) is 57.8 Å². The molecule has 0 rings (SSSR count). The normalized spacial score (nSPS) is 12.1. The Morgan fingerprint density at radius 2 is 0.609 bits per heavy atom. The van der Waals surface area contributed by atoms with Crippen molar-refractivity contribution in [2.24, 2.45) is 5.41 Å². The van der Waals surface area contributed by atoms with E-state index in [1.165, 1.54) is 173 Å². The zero-order chi connectivity index (χ0) is 64.5. The van der Waals surface area contributed by atoms with Gasteiger partial charge >= 0.3 is 41.8 Å². The Kier molecular flexibility index (Phi) is 53.8. The monoisotopic (exact) mass is 1240 g/mol. The van der Waals surface area contributed by atoms with Gasteiger partial charge in [0.15, 0.2) is 6.61 Å². The molecule has 0 spiro atoms. The third kappa shape index (κ3) is 57.1. The second kappa shape index (κ2) is 56.2. The minimum atomic E-state index is -1.48. The fourth-order valence-corrected chi connectivity index (χ4v) is 10.2. The fourth-order valence-electron chi connectivity index (χ4n) is 10.2. The van der Waals surface area contributed by atoms with Crippen molar-refractivity contribution in [1.82, 2.24) is 10.6 Å². The van der Waals surface area contributed by atoms with E-state index >= 15 is 0 Å². The van der Waals surface area contributed by atoms with Crippen LogP contribution in [0, 0.1) is 5.41 Å². The second-order valence-electron chi connectivity index (χ2n) is 26.8. The minimum Gasteiger partial charge on any atom is -0.465 e. The number of ether oxygens (including phenoxy) is 7. The molecule has 0 aromatic rings. The molecule has 0 aromatic heterocycles. The van der Waals surface area contributed by atoms with Gasteiger partial charge in [-0.25, -0.2) is 4.79 Å². The van der Waals surface area contributed by atoms with Crippen molar-refractivity contribution in [3.8, 4) is 0 Å². The lowest BCUT2D eigenvalue weighted by Crippen LogP contribution is -2.45. The van der Waals surface area contributed by atoms with Crippen LogP contribution in [0.3, 0.4) is 0 Å². The summed E-state index contributed by atoms with van der Waals surface area (Å²) in [5.74, 6) is -4.41. The van der Waals surface area contributed by atoms with E-state index in [2.05, 4.69) is 31.4 Å². The number of carbonyl (C=O) groups excluding carboxylic acids is 7. The van der Waals surface area contributed by atoms with Gasteiger partial charge in [0, 0.05) is 32.4 Å². The van der Waals surface area contributed by atoms with Crippen LogP contribution in [-0.2, 0) is 66.7 Å². The average molecular weight is 1240 g/mol. The molecule has 1 unspecified atom stereocenters. The number of rotatable bonds is 61. The van der Waals surface area contributed by atoms with Gasteiger partial charge in [-0.1, -0.05) is 252 Å². The van der Waals surface area contributed by atoms with Crippen LogP contribution < -0.4 is 10.6 Å². The fraction of sp³-hybridized carbons (Fsp3) is 0.901. The van der Waals surface area contributed by atoms with E-state index in [4.69, 9.17) is 33.2 Å². The van der Waals surface area contributed by atoms with Crippen LogP contribution in [0.4, 0.5) is 0 Å². The van der Waals surface area contributed by atoms with Gasteiger partial charge in [-0.3, -0.25) is 28.8 Å². The maximum Gasteiger partial charge on any atom is 0.344 e. The average Bonchev–Trinajstić information content (AvgIpc) is 3.60. The molecule has 16 nitrogen and oxygen atoms in total. The van der Waals surface area contributed by atoms with Gasteiger partial charge in [-0.05, 0) is 60.8 Å². The lowest BCUT2D eigenvalue weighted by atomic mass is 9.92. The standard InChI is InChI=1S/C71H132N2O14/c1-10-13-16-19-22-25-28-31-34-37-40-43-46-49-62(74)82-57-71(58-83-63(75)50-47-44-41-38-35-32-29-26-23-20-17-14-11-2,59-84-64(76)51-48-45-42-39-36-33-30-27-24-21-18-15-12-3)60-85-67(79)56-81-65(77)54-61(68(80)87-70(7,8)9)73-53-52-72-55-66(78)86-69(4,5)6/h61,72-73H,10-60H2,1-9H3. The van der Waals surface area contributed by atoms with E-state index in [1.54, 1.807) is 41.5 Å². The number of carbonyl (C=O) groups is 7. The van der Waals surface area contributed by atoms with Crippen LogP contribution >= 0.6 is 0 Å².